The van der Waals surface area contributed by atoms with Crippen LogP contribution in [0.4, 0.5) is 13.2 Å². The van der Waals surface area contributed by atoms with Crippen LogP contribution in [0.2, 0.25) is 0 Å². The molecule has 0 aliphatic carbocycles. The number of hydrogen-bond donors (Lipinski definition) is 1. The summed E-state index contributed by atoms with van der Waals surface area (Å²) < 4.78 is 58.8. The number of hydrogen-bond acceptors (Lipinski definition) is 3. The van der Waals surface area contributed by atoms with Gasteiger partial charge in [0, 0.05) is 18.5 Å². The molecule has 1 atom stereocenters. The summed E-state index contributed by atoms with van der Waals surface area (Å²) in [5.74, 6) is -0.322. The Morgan fingerprint density at radius 2 is 1.85 bits per heavy atom. The Morgan fingerprint density at radius 1 is 1.31 bits per heavy atom. The van der Waals surface area contributed by atoms with Crippen molar-refractivity contribution in [3.05, 3.63) is 0 Å². The zero-order valence-corrected chi connectivity index (χ0v) is 7.37. The van der Waals surface area contributed by atoms with Gasteiger partial charge in [0.2, 0.25) is 0 Å². The molecule has 1 spiro atoms. The molecule has 0 bridgehead atoms. The lowest BCUT2D eigenvalue weighted by atomic mass is 9.78. The maximum atomic E-state index is 12.3. The highest BCUT2D eigenvalue weighted by Crippen LogP contribution is 2.50. The Bertz CT molecular complexity index is 330. The van der Waals surface area contributed by atoms with Crippen LogP contribution in [0.15, 0.2) is 0 Å². The second kappa shape index (κ2) is 2.20. The molecule has 0 aromatic rings. The normalized spacial score (nSPS) is 35.2. The lowest BCUT2D eigenvalue weighted by molar-refractivity contribution is -0.163. The minimum atomic E-state index is -4.61. The molecule has 0 radical (unpaired) electrons. The molecule has 2 rings (SSSR count). The SMILES string of the molecule is O=S1(=O)CC2(CNC2)C1C(F)(F)F. The summed E-state index contributed by atoms with van der Waals surface area (Å²) in [6.45, 7) is 0.326. The summed E-state index contributed by atoms with van der Waals surface area (Å²) in [7, 11) is -3.91. The molecule has 13 heavy (non-hydrogen) atoms. The average molecular weight is 215 g/mol. The molecule has 0 aromatic carbocycles. The number of alkyl halides is 3. The summed E-state index contributed by atoms with van der Waals surface area (Å²) in [6, 6.07) is 0. The van der Waals surface area contributed by atoms with E-state index in [1.54, 1.807) is 0 Å². The molecule has 0 amide bonds. The minimum Gasteiger partial charge on any atom is -0.315 e. The minimum absolute atomic E-state index is 0.163. The quantitative estimate of drug-likeness (QED) is 0.615. The van der Waals surface area contributed by atoms with Gasteiger partial charge in [0.1, 0.15) is 0 Å². The molecular formula is C6H8F3NO2S. The van der Waals surface area contributed by atoms with Gasteiger partial charge in [0.15, 0.2) is 15.1 Å². The molecule has 7 heteroatoms. The van der Waals surface area contributed by atoms with E-state index >= 15 is 0 Å². The van der Waals surface area contributed by atoms with Gasteiger partial charge in [-0.2, -0.15) is 13.2 Å². The zero-order chi connectivity index (χ0) is 9.91. The Labute approximate surface area is 73.2 Å². The molecule has 2 aliphatic heterocycles. The third-order valence-corrected chi connectivity index (χ3v) is 5.12. The lowest BCUT2D eigenvalue weighted by Crippen LogP contribution is -2.76. The maximum absolute atomic E-state index is 12.3. The van der Waals surface area contributed by atoms with Crippen molar-refractivity contribution < 1.29 is 21.6 Å². The Hall–Kier alpha value is -0.300. The summed E-state index contributed by atoms with van der Waals surface area (Å²) in [6.07, 6.45) is -4.61. The Balaban J connectivity index is 2.31. The number of halogens is 3. The highest BCUT2D eigenvalue weighted by Gasteiger charge is 2.71. The van der Waals surface area contributed by atoms with E-state index in [9.17, 15) is 21.6 Å². The molecule has 2 heterocycles. The van der Waals surface area contributed by atoms with E-state index in [4.69, 9.17) is 0 Å². The van der Waals surface area contributed by atoms with E-state index < -0.39 is 26.7 Å². The van der Waals surface area contributed by atoms with E-state index in [-0.39, 0.29) is 18.8 Å². The van der Waals surface area contributed by atoms with Gasteiger partial charge >= 0.3 is 6.18 Å². The Morgan fingerprint density at radius 3 is 2.00 bits per heavy atom. The van der Waals surface area contributed by atoms with Gasteiger partial charge < -0.3 is 5.32 Å². The molecule has 76 valence electrons. The molecule has 2 fully saturated rings. The van der Waals surface area contributed by atoms with E-state index in [2.05, 4.69) is 5.32 Å². The van der Waals surface area contributed by atoms with Crippen molar-refractivity contribution in [2.75, 3.05) is 18.8 Å². The predicted molar refractivity (Wildman–Crippen MR) is 38.9 cm³/mol. The van der Waals surface area contributed by atoms with Crippen LogP contribution in [0, 0.1) is 5.41 Å². The fourth-order valence-corrected chi connectivity index (χ4v) is 4.59. The molecule has 0 aromatic heterocycles. The molecule has 3 nitrogen and oxygen atoms in total. The van der Waals surface area contributed by atoms with E-state index in [1.165, 1.54) is 0 Å². The molecule has 1 N–H and O–H groups in total. The molecule has 0 saturated carbocycles. The third kappa shape index (κ3) is 1.10. The van der Waals surface area contributed by atoms with Gasteiger partial charge in [0.25, 0.3) is 0 Å². The van der Waals surface area contributed by atoms with Gasteiger partial charge in [-0.05, 0) is 0 Å². The second-order valence-corrected chi connectivity index (χ2v) is 5.78. The van der Waals surface area contributed by atoms with Crippen molar-refractivity contribution >= 4 is 9.84 Å². The van der Waals surface area contributed by atoms with Gasteiger partial charge in [-0.25, -0.2) is 8.42 Å². The van der Waals surface area contributed by atoms with Crippen molar-refractivity contribution in [2.24, 2.45) is 5.41 Å². The fourth-order valence-electron chi connectivity index (χ4n) is 2.13. The van der Waals surface area contributed by atoms with Crippen molar-refractivity contribution in [1.29, 1.82) is 0 Å². The van der Waals surface area contributed by atoms with Crippen molar-refractivity contribution in [3.63, 3.8) is 0 Å². The molecule has 1 unspecified atom stereocenters. The number of sulfone groups is 1. The largest absolute Gasteiger partial charge is 0.406 e. The van der Waals surface area contributed by atoms with Crippen molar-refractivity contribution in [2.45, 2.75) is 11.4 Å². The van der Waals surface area contributed by atoms with Gasteiger partial charge in [0.05, 0.1) is 5.75 Å². The van der Waals surface area contributed by atoms with Crippen LogP contribution >= 0.6 is 0 Å². The predicted octanol–water partition coefficient (Wildman–Crippen LogP) is -0.0647. The van der Waals surface area contributed by atoms with E-state index in [1.807, 2.05) is 0 Å². The fraction of sp³-hybridized carbons (Fsp3) is 1.00. The van der Waals surface area contributed by atoms with Crippen molar-refractivity contribution in [3.8, 4) is 0 Å². The summed E-state index contributed by atoms with van der Waals surface area (Å²) in [5, 5.41) is 0.549. The van der Waals surface area contributed by atoms with Crippen LogP contribution in [0.1, 0.15) is 0 Å². The zero-order valence-electron chi connectivity index (χ0n) is 6.56. The first-order valence-electron chi connectivity index (χ1n) is 3.77. The van der Waals surface area contributed by atoms with Crippen LogP contribution in [0.5, 0.6) is 0 Å². The first-order valence-corrected chi connectivity index (χ1v) is 5.49. The van der Waals surface area contributed by atoms with Crippen LogP contribution in [0.25, 0.3) is 0 Å². The average Bonchev–Trinajstić information content (AvgIpc) is 1.73. The third-order valence-electron chi connectivity index (χ3n) is 2.66. The van der Waals surface area contributed by atoms with Gasteiger partial charge in [-0.1, -0.05) is 0 Å². The summed E-state index contributed by atoms with van der Waals surface area (Å²) in [5.41, 5.74) is -1.04. The lowest BCUT2D eigenvalue weighted by Gasteiger charge is -2.54. The maximum Gasteiger partial charge on any atom is 0.406 e. The summed E-state index contributed by atoms with van der Waals surface area (Å²) in [4.78, 5) is 0. The highest BCUT2D eigenvalue weighted by atomic mass is 32.2. The molecule has 2 saturated heterocycles. The highest BCUT2D eigenvalue weighted by molar-refractivity contribution is 7.93. The number of rotatable bonds is 0. The van der Waals surface area contributed by atoms with E-state index in [0.29, 0.717) is 0 Å². The summed E-state index contributed by atoms with van der Waals surface area (Å²) >= 11 is 0. The Kier molecular flexibility index (Phi) is 1.56. The van der Waals surface area contributed by atoms with Gasteiger partial charge in [-0.3, -0.25) is 0 Å². The van der Waals surface area contributed by atoms with Crippen molar-refractivity contribution in [1.82, 2.24) is 5.32 Å². The standard InChI is InChI=1S/C6H8F3NO2S/c7-6(8,9)4-5(1-10-2-5)3-13(4,11)12/h4,10H,1-3H2. The smallest absolute Gasteiger partial charge is 0.315 e. The first kappa shape index (κ1) is 9.26. The topological polar surface area (TPSA) is 46.2 Å². The van der Waals surface area contributed by atoms with Crippen LogP contribution in [-0.4, -0.2) is 38.7 Å². The van der Waals surface area contributed by atoms with Crippen LogP contribution in [-0.2, 0) is 9.84 Å². The number of nitrogens with one attached hydrogen (secondary N) is 1. The molecular weight excluding hydrogens is 207 g/mol. The second-order valence-electron chi connectivity index (χ2n) is 3.69. The first-order chi connectivity index (χ1) is 5.78. The van der Waals surface area contributed by atoms with Crippen LogP contribution < -0.4 is 5.32 Å². The van der Waals surface area contributed by atoms with E-state index in [0.717, 1.165) is 0 Å². The van der Waals surface area contributed by atoms with Crippen LogP contribution in [0.3, 0.4) is 0 Å². The monoisotopic (exact) mass is 215 g/mol. The molecule has 2 aliphatic rings. The van der Waals surface area contributed by atoms with Gasteiger partial charge in [-0.15, -0.1) is 0 Å².